The number of rotatable bonds is 7. The van der Waals surface area contributed by atoms with Crippen LogP contribution in [0.25, 0.3) is 0 Å². The van der Waals surface area contributed by atoms with Gasteiger partial charge in [-0.15, -0.1) is 0 Å². The Hall–Kier alpha value is -2.43. The predicted octanol–water partition coefficient (Wildman–Crippen LogP) is 6.07. The number of hydrogen-bond acceptors (Lipinski definition) is 3. The van der Waals surface area contributed by atoms with E-state index in [1.807, 2.05) is 24.8 Å². The predicted molar refractivity (Wildman–Crippen MR) is 125 cm³/mol. The van der Waals surface area contributed by atoms with Crippen molar-refractivity contribution in [3.8, 4) is 0 Å². The second kappa shape index (κ2) is 9.80. The normalized spacial score (nSPS) is 20.9. The van der Waals surface area contributed by atoms with Crippen LogP contribution in [0.5, 0.6) is 0 Å². The molecular weight excluding hydrogens is 389 g/mol. The molecular formula is C26H36FN3O. The quantitative estimate of drug-likeness (QED) is 0.327. The van der Waals surface area contributed by atoms with E-state index in [0.29, 0.717) is 24.4 Å². The highest BCUT2D eigenvalue weighted by Gasteiger charge is 2.39. The van der Waals surface area contributed by atoms with Crippen LogP contribution in [-0.2, 0) is 4.79 Å². The van der Waals surface area contributed by atoms with Crippen LogP contribution in [0.15, 0.2) is 51.8 Å². The van der Waals surface area contributed by atoms with Crippen molar-refractivity contribution in [2.75, 3.05) is 6.54 Å². The minimum atomic E-state index is -0.259. The highest BCUT2D eigenvalue weighted by molar-refractivity contribution is 5.99. The van der Waals surface area contributed by atoms with E-state index in [-0.39, 0.29) is 23.3 Å². The monoisotopic (exact) mass is 425 g/mol. The number of carbonyl (C=O) groups excluding carboxylic acids is 1. The van der Waals surface area contributed by atoms with Gasteiger partial charge in [-0.05, 0) is 77.3 Å². The minimum Gasteiger partial charge on any atom is -0.365 e. The molecule has 1 saturated carbocycles. The first-order chi connectivity index (χ1) is 14.8. The molecule has 2 aliphatic rings. The van der Waals surface area contributed by atoms with Crippen molar-refractivity contribution in [1.82, 2.24) is 10.2 Å². The Morgan fingerprint density at radius 1 is 1.29 bits per heavy atom. The lowest BCUT2D eigenvalue weighted by Crippen LogP contribution is -2.37. The van der Waals surface area contributed by atoms with Crippen molar-refractivity contribution in [3.05, 3.63) is 58.2 Å². The molecule has 5 heteroatoms. The third kappa shape index (κ3) is 5.44. The highest BCUT2D eigenvalue weighted by atomic mass is 19.1. The summed E-state index contributed by atoms with van der Waals surface area (Å²) in [5, 5.41) is 3.52. The zero-order valence-electron chi connectivity index (χ0n) is 19.4. The first-order valence-corrected chi connectivity index (χ1v) is 11.5. The van der Waals surface area contributed by atoms with Gasteiger partial charge in [0.05, 0.1) is 6.04 Å². The van der Waals surface area contributed by atoms with Crippen molar-refractivity contribution in [2.24, 2.45) is 4.99 Å². The van der Waals surface area contributed by atoms with Gasteiger partial charge in [0.2, 0.25) is 0 Å². The van der Waals surface area contributed by atoms with E-state index in [0.717, 1.165) is 55.2 Å². The maximum atomic E-state index is 14.0. The Balaban J connectivity index is 2.02. The number of benzene rings is 1. The van der Waals surface area contributed by atoms with E-state index >= 15 is 0 Å². The van der Waals surface area contributed by atoms with Gasteiger partial charge in [0.15, 0.2) is 0 Å². The fraction of sp³-hybridized carbons (Fsp3) is 0.538. The average molecular weight is 426 g/mol. The molecule has 1 aromatic rings. The molecule has 3 rings (SSSR count). The molecule has 168 valence electrons. The molecule has 1 unspecified atom stereocenters. The Bertz CT molecular complexity index is 894. The molecule has 1 amide bonds. The van der Waals surface area contributed by atoms with Gasteiger partial charge in [0, 0.05) is 23.2 Å². The van der Waals surface area contributed by atoms with Crippen LogP contribution in [0, 0.1) is 5.82 Å². The van der Waals surface area contributed by atoms with E-state index < -0.39 is 0 Å². The molecule has 1 N–H and O–H groups in total. The van der Waals surface area contributed by atoms with Gasteiger partial charge in [-0.25, -0.2) is 9.38 Å². The molecule has 1 saturated heterocycles. The molecule has 1 atom stereocenters. The Kier molecular flexibility index (Phi) is 7.34. The fourth-order valence-electron chi connectivity index (χ4n) is 4.47. The largest absolute Gasteiger partial charge is 0.365 e. The number of nitrogens with one attached hydrogen (secondary N) is 1. The smallest absolute Gasteiger partial charge is 0.254 e. The summed E-state index contributed by atoms with van der Waals surface area (Å²) in [4.78, 5) is 20.3. The molecule has 0 spiro atoms. The van der Waals surface area contributed by atoms with E-state index in [1.54, 1.807) is 12.1 Å². The van der Waals surface area contributed by atoms with Gasteiger partial charge < -0.3 is 10.2 Å². The van der Waals surface area contributed by atoms with Crippen molar-refractivity contribution in [1.29, 1.82) is 0 Å². The van der Waals surface area contributed by atoms with Crippen LogP contribution >= 0.6 is 0 Å². The lowest BCUT2D eigenvalue weighted by atomic mass is 9.94. The standard InChI is InChI=1S/C26H36FN3O/c1-6-21(24(28-5)29-26(4)14-15-26)23(18(2)3)25(31)30-16-9-7-8-13-22(30)19-11-10-12-20(27)17-19/h10-12,17,22,29H,5-9,13-16H2,1-4H3/b24-21-. The average Bonchev–Trinajstić information content (AvgIpc) is 3.51. The molecule has 0 radical (unpaired) electrons. The van der Waals surface area contributed by atoms with Crippen LogP contribution < -0.4 is 5.32 Å². The molecule has 1 aliphatic carbocycles. The second-order valence-electron chi connectivity index (χ2n) is 9.32. The Morgan fingerprint density at radius 3 is 2.61 bits per heavy atom. The number of hydrogen-bond donors (Lipinski definition) is 1. The molecule has 1 aliphatic heterocycles. The third-order valence-electron chi connectivity index (χ3n) is 6.48. The fourth-order valence-corrected chi connectivity index (χ4v) is 4.47. The summed E-state index contributed by atoms with van der Waals surface area (Å²) in [6, 6.07) is 6.58. The first-order valence-electron chi connectivity index (χ1n) is 11.5. The van der Waals surface area contributed by atoms with Crippen molar-refractivity contribution in [3.63, 3.8) is 0 Å². The summed E-state index contributed by atoms with van der Waals surface area (Å²) >= 11 is 0. The van der Waals surface area contributed by atoms with Crippen LogP contribution in [-0.4, -0.2) is 29.6 Å². The van der Waals surface area contributed by atoms with Crippen molar-refractivity contribution < 1.29 is 9.18 Å². The molecule has 4 nitrogen and oxygen atoms in total. The summed E-state index contributed by atoms with van der Waals surface area (Å²) in [5.74, 6) is 0.465. The lowest BCUT2D eigenvalue weighted by molar-refractivity contribution is -0.129. The van der Waals surface area contributed by atoms with Gasteiger partial charge in [-0.3, -0.25) is 4.79 Å². The SMILES string of the molecule is C=N/C(NC1(C)CC1)=C(\CC)C(C(=O)N1CCCCCC1c1cccc(F)c1)=C(C)C. The van der Waals surface area contributed by atoms with Gasteiger partial charge in [0.1, 0.15) is 11.6 Å². The maximum Gasteiger partial charge on any atom is 0.254 e. The molecule has 0 aromatic heterocycles. The molecule has 31 heavy (non-hydrogen) atoms. The minimum absolute atomic E-state index is 0.0110. The molecule has 2 fully saturated rings. The van der Waals surface area contributed by atoms with Gasteiger partial charge >= 0.3 is 0 Å². The number of likely N-dealkylation sites (tertiary alicyclic amines) is 1. The number of allylic oxidation sites excluding steroid dienone is 1. The van der Waals surface area contributed by atoms with Crippen molar-refractivity contribution >= 4 is 12.6 Å². The summed E-state index contributed by atoms with van der Waals surface area (Å²) in [5.41, 5.74) is 3.50. The maximum absolute atomic E-state index is 14.0. The van der Waals surface area contributed by atoms with E-state index in [1.165, 1.54) is 6.07 Å². The van der Waals surface area contributed by atoms with Gasteiger partial charge in [-0.2, -0.15) is 0 Å². The first kappa shape index (κ1) is 23.2. The number of halogens is 1. The number of nitrogens with zero attached hydrogens (tertiary/aromatic N) is 2. The summed E-state index contributed by atoms with van der Waals surface area (Å²) in [6.45, 7) is 12.7. The van der Waals surface area contributed by atoms with Crippen LogP contribution in [0.3, 0.4) is 0 Å². The van der Waals surface area contributed by atoms with Crippen molar-refractivity contribution in [2.45, 2.75) is 84.2 Å². The molecule has 1 heterocycles. The topological polar surface area (TPSA) is 44.7 Å². The second-order valence-corrected chi connectivity index (χ2v) is 9.32. The number of carbonyl (C=O) groups is 1. The van der Waals surface area contributed by atoms with E-state index in [4.69, 9.17) is 0 Å². The Labute approximate surface area is 186 Å². The number of amides is 1. The number of aliphatic imine (C=N–C) groups is 1. The summed E-state index contributed by atoms with van der Waals surface area (Å²) in [6.07, 6.45) is 6.79. The van der Waals surface area contributed by atoms with E-state index in [9.17, 15) is 9.18 Å². The van der Waals surface area contributed by atoms with Crippen LogP contribution in [0.4, 0.5) is 4.39 Å². The van der Waals surface area contributed by atoms with E-state index in [2.05, 4.69) is 30.9 Å². The Morgan fingerprint density at radius 2 is 2.03 bits per heavy atom. The summed E-state index contributed by atoms with van der Waals surface area (Å²) in [7, 11) is 0. The molecule has 1 aromatic carbocycles. The third-order valence-corrected chi connectivity index (χ3v) is 6.48. The zero-order chi connectivity index (χ0) is 22.6. The summed E-state index contributed by atoms with van der Waals surface area (Å²) < 4.78 is 14.0. The van der Waals surface area contributed by atoms with Crippen LogP contribution in [0.2, 0.25) is 0 Å². The van der Waals surface area contributed by atoms with Gasteiger partial charge in [0.25, 0.3) is 5.91 Å². The highest BCUT2D eigenvalue weighted by Crippen LogP contribution is 2.38. The van der Waals surface area contributed by atoms with Crippen LogP contribution in [0.1, 0.15) is 84.2 Å². The van der Waals surface area contributed by atoms with Gasteiger partial charge in [-0.1, -0.05) is 37.5 Å². The molecule has 0 bridgehead atoms. The zero-order valence-corrected chi connectivity index (χ0v) is 19.4. The lowest BCUT2D eigenvalue weighted by Gasteiger charge is -2.33.